The quantitative estimate of drug-likeness (QED) is 0.913. The van der Waals surface area contributed by atoms with Crippen LogP contribution in [0.5, 0.6) is 0 Å². The van der Waals surface area contributed by atoms with Crippen LogP contribution in [-0.4, -0.2) is 41.6 Å². The summed E-state index contributed by atoms with van der Waals surface area (Å²) in [5, 5.41) is 3.21. The molecule has 1 aromatic heterocycles. The highest BCUT2D eigenvalue weighted by molar-refractivity contribution is 9.10. The van der Waals surface area contributed by atoms with E-state index in [2.05, 4.69) is 39.7 Å². The minimum Gasteiger partial charge on any atom is -0.340 e. The summed E-state index contributed by atoms with van der Waals surface area (Å²) < 4.78 is 3.02. The van der Waals surface area contributed by atoms with Gasteiger partial charge in [-0.05, 0) is 62.2 Å². The van der Waals surface area contributed by atoms with E-state index in [-0.39, 0.29) is 11.9 Å². The summed E-state index contributed by atoms with van der Waals surface area (Å²) in [6.07, 6.45) is 5.41. The predicted molar refractivity (Wildman–Crippen MR) is 85.1 cm³/mol. The molecule has 4 nitrogen and oxygen atoms in total. The van der Waals surface area contributed by atoms with Crippen molar-refractivity contribution in [1.82, 2.24) is 14.8 Å². The highest BCUT2D eigenvalue weighted by Gasteiger charge is 2.29. The number of rotatable bonds is 4. The average molecular weight is 342 g/mol. The lowest BCUT2D eigenvalue weighted by atomic mass is 10.0. The zero-order valence-electron chi connectivity index (χ0n) is 12.5. The first kappa shape index (κ1) is 15.6. The second kappa shape index (κ2) is 6.76. The molecule has 1 aliphatic rings. The number of hydrogen-bond acceptors (Lipinski definition) is 2. The Kier molecular flexibility index (Phi) is 5.27. The Bertz CT molecular complexity index is 468. The fourth-order valence-corrected chi connectivity index (χ4v) is 3.34. The normalized spacial score (nSPS) is 19.6. The maximum Gasteiger partial charge on any atom is 0.270 e. The molecule has 1 unspecified atom stereocenters. The summed E-state index contributed by atoms with van der Waals surface area (Å²) in [6.45, 7) is 5.94. The molecule has 112 valence electrons. The Morgan fingerprint density at radius 1 is 1.50 bits per heavy atom. The topological polar surface area (TPSA) is 37.3 Å². The molecule has 0 aromatic carbocycles. The van der Waals surface area contributed by atoms with Crippen molar-refractivity contribution in [2.75, 3.05) is 20.1 Å². The fourth-order valence-electron chi connectivity index (χ4n) is 2.91. The molecule has 0 saturated carbocycles. The van der Waals surface area contributed by atoms with Crippen LogP contribution >= 0.6 is 15.9 Å². The average Bonchev–Trinajstić information content (AvgIpc) is 2.81. The molecule has 0 bridgehead atoms. The molecule has 1 saturated heterocycles. The van der Waals surface area contributed by atoms with Crippen LogP contribution in [0.15, 0.2) is 16.7 Å². The molecule has 1 aliphatic heterocycles. The Hall–Kier alpha value is -0.810. The number of likely N-dealkylation sites (N-methyl/N-ethyl adjacent to an activating group) is 1. The van der Waals surface area contributed by atoms with E-state index in [1.165, 1.54) is 6.42 Å². The Balaban J connectivity index is 2.25. The molecule has 5 heteroatoms. The number of nitrogens with zero attached hydrogens (tertiary/aromatic N) is 2. The van der Waals surface area contributed by atoms with E-state index in [4.69, 9.17) is 0 Å². The van der Waals surface area contributed by atoms with Crippen molar-refractivity contribution in [3.8, 4) is 0 Å². The van der Waals surface area contributed by atoms with Gasteiger partial charge in [-0.2, -0.15) is 0 Å². The third-order valence-corrected chi connectivity index (χ3v) is 4.35. The molecule has 1 N–H and O–H groups in total. The van der Waals surface area contributed by atoms with Crippen LogP contribution in [0, 0.1) is 0 Å². The van der Waals surface area contributed by atoms with Crippen LogP contribution in [-0.2, 0) is 0 Å². The molecular weight excluding hydrogens is 318 g/mol. The maximum absolute atomic E-state index is 12.9. The van der Waals surface area contributed by atoms with Gasteiger partial charge in [0.15, 0.2) is 0 Å². The number of amides is 1. The highest BCUT2D eigenvalue weighted by atomic mass is 79.9. The van der Waals surface area contributed by atoms with Crippen molar-refractivity contribution < 1.29 is 4.79 Å². The van der Waals surface area contributed by atoms with Gasteiger partial charge in [-0.1, -0.05) is 0 Å². The SMILES string of the molecule is CNCC1CCCCN1C(=O)c1cc(Br)cn1C(C)C. The van der Waals surface area contributed by atoms with E-state index in [0.717, 1.165) is 36.1 Å². The van der Waals surface area contributed by atoms with Crippen LogP contribution in [0.2, 0.25) is 0 Å². The lowest BCUT2D eigenvalue weighted by Crippen LogP contribution is -2.48. The zero-order valence-corrected chi connectivity index (χ0v) is 14.1. The van der Waals surface area contributed by atoms with Crippen molar-refractivity contribution >= 4 is 21.8 Å². The first-order chi connectivity index (χ1) is 9.54. The predicted octanol–water partition coefficient (Wildman–Crippen LogP) is 3.05. The second-order valence-electron chi connectivity index (χ2n) is 5.75. The second-order valence-corrected chi connectivity index (χ2v) is 6.67. The lowest BCUT2D eigenvalue weighted by Gasteiger charge is -2.36. The van der Waals surface area contributed by atoms with Gasteiger partial charge >= 0.3 is 0 Å². The van der Waals surface area contributed by atoms with E-state index in [1.54, 1.807) is 0 Å². The van der Waals surface area contributed by atoms with Crippen LogP contribution in [0.25, 0.3) is 0 Å². The molecule has 0 spiro atoms. The van der Waals surface area contributed by atoms with E-state index in [1.807, 2.05) is 24.2 Å². The van der Waals surface area contributed by atoms with E-state index in [0.29, 0.717) is 6.04 Å². The van der Waals surface area contributed by atoms with E-state index in [9.17, 15) is 4.79 Å². The van der Waals surface area contributed by atoms with Crippen molar-refractivity contribution in [2.45, 2.75) is 45.2 Å². The number of halogens is 1. The number of hydrogen-bond donors (Lipinski definition) is 1. The molecule has 20 heavy (non-hydrogen) atoms. The molecule has 0 aliphatic carbocycles. The number of carbonyl (C=O) groups is 1. The van der Waals surface area contributed by atoms with E-state index < -0.39 is 0 Å². The van der Waals surface area contributed by atoms with Crippen LogP contribution in [0.1, 0.15) is 49.6 Å². The molecule has 1 aromatic rings. The van der Waals surface area contributed by atoms with Crippen molar-refractivity contribution in [3.05, 3.63) is 22.4 Å². The molecular formula is C15H24BrN3O. The van der Waals surface area contributed by atoms with Gasteiger partial charge in [-0.3, -0.25) is 4.79 Å². The Labute approximate surface area is 129 Å². The summed E-state index contributed by atoms with van der Waals surface area (Å²) in [4.78, 5) is 14.9. The zero-order chi connectivity index (χ0) is 14.7. The van der Waals surface area contributed by atoms with Crippen LogP contribution < -0.4 is 5.32 Å². The molecule has 1 amide bonds. The summed E-state index contributed by atoms with van der Waals surface area (Å²) >= 11 is 3.49. The summed E-state index contributed by atoms with van der Waals surface area (Å²) in [6, 6.07) is 2.54. The lowest BCUT2D eigenvalue weighted by molar-refractivity contribution is 0.0602. The van der Waals surface area contributed by atoms with Gasteiger partial charge in [0.25, 0.3) is 5.91 Å². The third kappa shape index (κ3) is 3.26. The standard InChI is InChI=1S/C15H24BrN3O/c1-11(2)19-10-12(16)8-14(19)15(20)18-7-5-4-6-13(18)9-17-3/h8,10-11,13,17H,4-7,9H2,1-3H3. The van der Waals surface area contributed by atoms with Gasteiger partial charge in [0.2, 0.25) is 0 Å². The van der Waals surface area contributed by atoms with E-state index >= 15 is 0 Å². The van der Waals surface area contributed by atoms with Gasteiger partial charge in [0, 0.05) is 35.8 Å². The van der Waals surface area contributed by atoms with Crippen LogP contribution in [0.4, 0.5) is 0 Å². The number of piperidine rings is 1. The number of likely N-dealkylation sites (tertiary alicyclic amines) is 1. The molecule has 1 atom stereocenters. The van der Waals surface area contributed by atoms with Crippen molar-refractivity contribution in [2.24, 2.45) is 0 Å². The number of nitrogens with one attached hydrogen (secondary N) is 1. The van der Waals surface area contributed by atoms with Crippen molar-refractivity contribution in [3.63, 3.8) is 0 Å². The first-order valence-electron chi connectivity index (χ1n) is 7.37. The fraction of sp³-hybridized carbons (Fsp3) is 0.667. The number of carbonyl (C=O) groups excluding carboxylic acids is 1. The van der Waals surface area contributed by atoms with Gasteiger partial charge in [-0.25, -0.2) is 0 Å². The third-order valence-electron chi connectivity index (χ3n) is 3.92. The largest absolute Gasteiger partial charge is 0.340 e. The highest BCUT2D eigenvalue weighted by Crippen LogP contribution is 2.24. The minimum absolute atomic E-state index is 0.157. The molecule has 2 rings (SSSR count). The summed E-state index contributed by atoms with van der Waals surface area (Å²) in [7, 11) is 1.95. The van der Waals surface area contributed by atoms with Crippen molar-refractivity contribution in [1.29, 1.82) is 0 Å². The molecule has 2 heterocycles. The molecule has 1 fully saturated rings. The van der Waals surface area contributed by atoms with Gasteiger partial charge in [-0.15, -0.1) is 0 Å². The van der Waals surface area contributed by atoms with Gasteiger partial charge in [0.1, 0.15) is 5.69 Å². The summed E-state index contributed by atoms with van der Waals surface area (Å²) in [5.41, 5.74) is 0.787. The van der Waals surface area contributed by atoms with Gasteiger partial charge < -0.3 is 14.8 Å². The first-order valence-corrected chi connectivity index (χ1v) is 8.16. The maximum atomic E-state index is 12.9. The monoisotopic (exact) mass is 341 g/mol. The Morgan fingerprint density at radius 3 is 2.90 bits per heavy atom. The Morgan fingerprint density at radius 2 is 2.25 bits per heavy atom. The minimum atomic E-state index is 0.157. The van der Waals surface area contributed by atoms with Gasteiger partial charge in [0.05, 0.1) is 0 Å². The number of aromatic nitrogens is 1. The smallest absolute Gasteiger partial charge is 0.270 e. The molecule has 0 radical (unpaired) electrons. The van der Waals surface area contributed by atoms with Crippen LogP contribution in [0.3, 0.4) is 0 Å². The summed E-state index contributed by atoms with van der Waals surface area (Å²) in [5.74, 6) is 0.157.